The summed E-state index contributed by atoms with van der Waals surface area (Å²) in [4.78, 5) is 0. The molecule has 0 spiro atoms. The van der Waals surface area contributed by atoms with Gasteiger partial charge < -0.3 is 4.74 Å². The van der Waals surface area contributed by atoms with E-state index in [1.165, 1.54) is 11.3 Å². The van der Waals surface area contributed by atoms with Crippen LogP contribution in [0, 0.1) is 5.41 Å². The zero-order valence-electron chi connectivity index (χ0n) is 11.4. The molecular weight excluding hydrogens is 210 g/mol. The fraction of sp³-hybridized carbons (Fsp3) is 0.533. The summed E-state index contributed by atoms with van der Waals surface area (Å²) in [6.07, 6.45) is 2.24. The molecule has 1 aromatic carbocycles. The van der Waals surface area contributed by atoms with Crippen molar-refractivity contribution in [3.05, 3.63) is 23.8 Å². The highest BCUT2D eigenvalue weighted by atomic mass is 16.5. The number of hydrogen-bond acceptors (Lipinski definition) is 1. The molecule has 0 fully saturated rings. The highest BCUT2D eigenvalue weighted by Gasteiger charge is 2.30. The maximum Gasteiger partial charge on any atom is 0.292 e. The van der Waals surface area contributed by atoms with Gasteiger partial charge in [0.15, 0.2) is 6.21 Å². The summed E-state index contributed by atoms with van der Waals surface area (Å²) in [5, 5.41) is 0. The van der Waals surface area contributed by atoms with Crippen LogP contribution in [0.5, 0.6) is 5.75 Å². The predicted molar refractivity (Wildman–Crippen MR) is 71.5 cm³/mol. The number of rotatable bonds is 1. The van der Waals surface area contributed by atoms with Crippen LogP contribution in [-0.2, 0) is 0 Å². The Morgan fingerprint density at radius 2 is 2.00 bits per heavy atom. The van der Waals surface area contributed by atoms with Crippen molar-refractivity contribution in [2.24, 2.45) is 5.41 Å². The Morgan fingerprint density at radius 3 is 2.59 bits per heavy atom. The lowest BCUT2D eigenvalue weighted by molar-refractivity contribution is -0.456. The molecule has 1 heterocycles. The molecule has 0 atom stereocenters. The lowest BCUT2D eigenvalue weighted by Crippen LogP contribution is -2.17. The quantitative estimate of drug-likeness (QED) is 0.668. The first kappa shape index (κ1) is 12.2. The third kappa shape index (κ3) is 2.51. The Balaban J connectivity index is 2.47. The summed E-state index contributed by atoms with van der Waals surface area (Å²) >= 11 is 0. The first-order valence-corrected chi connectivity index (χ1v) is 6.27. The normalized spacial score (nSPS) is 17.4. The molecule has 2 heteroatoms. The Morgan fingerprint density at radius 1 is 1.29 bits per heavy atom. The van der Waals surface area contributed by atoms with Crippen molar-refractivity contribution in [2.75, 3.05) is 6.73 Å². The zero-order chi connectivity index (χ0) is 12.6. The van der Waals surface area contributed by atoms with Crippen LogP contribution in [0.3, 0.4) is 0 Å². The number of nitrogens with zero attached hydrogens (tertiary/aromatic N) is 1. The van der Waals surface area contributed by atoms with E-state index in [9.17, 15) is 0 Å². The molecule has 0 saturated heterocycles. The van der Waals surface area contributed by atoms with Gasteiger partial charge in [-0.05, 0) is 5.92 Å². The van der Waals surface area contributed by atoms with Gasteiger partial charge in [0.2, 0.25) is 5.75 Å². The molecule has 2 rings (SSSR count). The van der Waals surface area contributed by atoms with E-state index in [0.717, 1.165) is 5.75 Å². The van der Waals surface area contributed by atoms with Crippen molar-refractivity contribution in [2.45, 2.75) is 40.5 Å². The monoisotopic (exact) mass is 232 g/mol. The minimum atomic E-state index is 0.165. The number of fused-ring (bicyclic) bond motifs is 1. The Bertz CT molecular complexity index is 452. The second-order valence-corrected chi connectivity index (χ2v) is 6.09. The summed E-state index contributed by atoms with van der Waals surface area (Å²) in [7, 11) is 0. The van der Waals surface area contributed by atoms with Crippen LogP contribution in [0.15, 0.2) is 18.2 Å². The van der Waals surface area contributed by atoms with E-state index >= 15 is 0 Å². The van der Waals surface area contributed by atoms with E-state index in [1.54, 1.807) is 0 Å². The summed E-state index contributed by atoms with van der Waals surface area (Å²) in [5.41, 5.74) is 2.66. The van der Waals surface area contributed by atoms with Gasteiger partial charge in [-0.25, -0.2) is 0 Å². The fourth-order valence-electron chi connectivity index (χ4n) is 2.16. The van der Waals surface area contributed by atoms with E-state index in [1.807, 2.05) is 0 Å². The van der Waals surface area contributed by atoms with Crippen LogP contribution in [0.25, 0.3) is 0 Å². The standard InChI is InChI=1S/C15H22NO/c1-11(2)12-7-6-8-13-14(12)17-10-16(13)9-15(3,4)5/h6-9,11H,10H2,1-5H3/q+1/b16-9-. The number of hydrogen-bond donors (Lipinski definition) is 0. The fourth-order valence-corrected chi connectivity index (χ4v) is 2.16. The molecule has 0 saturated carbocycles. The van der Waals surface area contributed by atoms with Crippen LogP contribution in [0.4, 0.5) is 5.69 Å². The highest BCUT2D eigenvalue weighted by Crippen LogP contribution is 2.39. The van der Waals surface area contributed by atoms with Gasteiger partial charge >= 0.3 is 0 Å². The summed E-state index contributed by atoms with van der Waals surface area (Å²) in [6.45, 7) is 11.7. The van der Waals surface area contributed by atoms with E-state index in [0.29, 0.717) is 12.6 Å². The third-order valence-corrected chi connectivity index (χ3v) is 2.85. The molecule has 2 nitrogen and oxygen atoms in total. The molecule has 0 N–H and O–H groups in total. The van der Waals surface area contributed by atoms with Gasteiger partial charge in [0, 0.05) is 17.0 Å². The third-order valence-electron chi connectivity index (χ3n) is 2.85. The first-order valence-electron chi connectivity index (χ1n) is 6.27. The van der Waals surface area contributed by atoms with Crippen molar-refractivity contribution in [1.29, 1.82) is 0 Å². The van der Waals surface area contributed by atoms with Crippen molar-refractivity contribution < 1.29 is 9.31 Å². The average Bonchev–Trinajstić information content (AvgIpc) is 2.59. The van der Waals surface area contributed by atoms with E-state index in [4.69, 9.17) is 4.74 Å². The Labute approximate surface area is 104 Å². The summed E-state index contributed by atoms with van der Waals surface area (Å²) < 4.78 is 8.05. The molecule has 1 aromatic rings. The van der Waals surface area contributed by atoms with Gasteiger partial charge in [-0.2, -0.15) is 4.58 Å². The van der Waals surface area contributed by atoms with Gasteiger partial charge in [-0.1, -0.05) is 46.8 Å². The van der Waals surface area contributed by atoms with E-state index in [2.05, 4.69) is 63.6 Å². The highest BCUT2D eigenvalue weighted by molar-refractivity contribution is 5.64. The number of benzene rings is 1. The predicted octanol–water partition coefficient (Wildman–Crippen LogP) is 3.92. The van der Waals surface area contributed by atoms with E-state index < -0.39 is 0 Å². The van der Waals surface area contributed by atoms with Crippen molar-refractivity contribution in [1.82, 2.24) is 0 Å². The number of para-hydroxylation sites is 1. The summed E-state index contributed by atoms with van der Waals surface area (Å²) in [5.74, 6) is 1.56. The number of ether oxygens (including phenoxy) is 1. The van der Waals surface area contributed by atoms with Crippen LogP contribution in [-0.4, -0.2) is 17.5 Å². The maximum atomic E-state index is 5.84. The second-order valence-electron chi connectivity index (χ2n) is 6.09. The van der Waals surface area contributed by atoms with Gasteiger partial charge in [0.05, 0.1) is 0 Å². The van der Waals surface area contributed by atoms with Crippen molar-refractivity contribution in [3.8, 4) is 5.75 Å². The second kappa shape index (κ2) is 4.17. The molecule has 92 valence electrons. The van der Waals surface area contributed by atoms with Crippen LogP contribution < -0.4 is 4.74 Å². The maximum absolute atomic E-state index is 5.84. The largest absolute Gasteiger partial charge is 0.429 e. The van der Waals surface area contributed by atoms with Crippen molar-refractivity contribution in [3.63, 3.8) is 0 Å². The molecule has 0 amide bonds. The molecule has 0 radical (unpaired) electrons. The van der Waals surface area contributed by atoms with E-state index in [-0.39, 0.29) is 5.41 Å². The average molecular weight is 232 g/mol. The van der Waals surface area contributed by atoms with Crippen molar-refractivity contribution >= 4 is 11.9 Å². The minimum absolute atomic E-state index is 0.165. The summed E-state index contributed by atoms with van der Waals surface area (Å²) in [6, 6.07) is 6.41. The minimum Gasteiger partial charge on any atom is -0.429 e. The smallest absolute Gasteiger partial charge is 0.292 e. The van der Waals surface area contributed by atoms with Gasteiger partial charge in [-0.15, -0.1) is 0 Å². The molecular formula is C15H22NO+. The lowest BCUT2D eigenvalue weighted by Gasteiger charge is -2.08. The Kier molecular flexibility index (Phi) is 2.98. The first-order chi connectivity index (χ1) is 7.88. The molecule has 0 unspecified atom stereocenters. The van der Waals surface area contributed by atoms with Gasteiger partial charge in [0.1, 0.15) is 0 Å². The topological polar surface area (TPSA) is 12.2 Å². The molecule has 0 aliphatic carbocycles. The van der Waals surface area contributed by atoms with Gasteiger partial charge in [-0.3, -0.25) is 0 Å². The molecule has 0 aromatic heterocycles. The van der Waals surface area contributed by atoms with Crippen LogP contribution in [0.2, 0.25) is 0 Å². The molecule has 1 aliphatic rings. The zero-order valence-corrected chi connectivity index (χ0v) is 11.4. The van der Waals surface area contributed by atoms with Gasteiger partial charge in [0.25, 0.3) is 12.4 Å². The molecule has 0 bridgehead atoms. The Hall–Kier alpha value is -1.31. The molecule has 17 heavy (non-hydrogen) atoms. The van der Waals surface area contributed by atoms with Crippen LogP contribution >= 0.6 is 0 Å². The SMILES string of the molecule is CC(C)c1cccc2c1OC/[N+]2=C/C(C)(C)C. The van der Waals surface area contributed by atoms with Crippen LogP contribution in [0.1, 0.15) is 46.1 Å². The molecule has 1 aliphatic heterocycles. The lowest BCUT2D eigenvalue weighted by atomic mass is 9.98.